The number of aliphatic hydroxyl groups excluding tert-OH is 1. The van der Waals surface area contributed by atoms with Gasteiger partial charge in [0, 0.05) is 0 Å². The zero-order valence-corrected chi connectivity index (χ0v) is 16.0. The summed E-state index contributed by atoms with van der Waals surface area (Å²) in [5.41, 5.74) is -0.837. The molecule has 0 radical (unpaired) electrons. The Hall–Kier alpha value is -0.440. The van der Waals surface area contributed by atoms with Crippen molar-refractivity contribution in [2.24, 2.45) is 5.18 Å². The van der Waals surface area contributed by atoms with Gasteiger partial charge in [0.25, 0.3) is 0 Å². The van der Waals surface area contributed by atoms with Crippen LogP contribution >= 0.6 is 0 Å². The third-order valence-corrected chi connectivity index (χ3v) is 4.88. The van der Waals surface area contributed by atoms with Crippen LogP contribution in [0.15, 0.2) is 5.18 Å². The summed E-state index contributed by atoms with van der Waals surface area (Å²) in [6.45, 7) is 5.67. The Balaban J connectivity index is 3.21. The molecule has 0 aromatic rings. The number of nitroso groups, excluding NO2 is 1. The molecular weight excluding hydrogens is 286 g/mol. The van der Waals surface area contributed by atoms with Crippen molar-refractivity contribution in [2.75, 3.05) is 0 Å². The quantitative estimate of drug-likeness (QED) is 0.237. The van der Waals surface area contributed by atoms with Gasteiger partial charge >= 0.3 is 0 Å². The maximum Gasteiger partial charge on any atom is 0.123 e. The van der Waals surface area contributed by atoms with E-state index in [1.807, 2.05) is 0 Å². The van der Waals surface area contributed by atoms with Gasteiger partial charge in [0.2, 0.25) is 0 Å². The second-order valence-corrected chi connectivity index (χ2v) is 7.65. The summed E-state index contributed by atoms with van der Waals surface area (Å²) in [7, 11) is 0. The van der Waals surface area contributed by atoms with Crippen molar-refractivity contribution >= 4 is 0 Å². The van der Waals surface area contributed by atoms with E-state index < -0.39 is 11.6 Å². The number of nitrogens with zero attached hydrogens (tertiary/aromatic N) is 1. The van der Waals surface area contributed by atoms with E-state index in [1.165, 1.54) is 77.0 Å². The van der Waals surface area contributed by atoms with E-state index >= 15 is 0 Å². The zero-order valence-electron chi connectivity index (χ0n) is 16.0. The summed E-state index contributed by atoms with van der Waals surface area (Å²) in [4.78, 5) is 10.6. The average Bonchev–Trinajstić information content (AvgIpc) is 2.54. The molecule has 1 N–H and O–H groups in total. The molecule has 1 atom stereocenters. The fourth-order valence-corrected chi connectivity index (χ4v) is 2.95. The van der Waals surface area contributed by atoms with Crippen LogP contribution in [0.2, 0.25) is 0 Å². The lowest BCUT2D eigenvalue weighted by atomic mass is 9.93. The van der Waals surface area contributed by atoms with Gasteiger partial charge in [-0.1, -0.05) is 102 Å². The van der Waals surface area contributed by atoms with E-state index in [1.54, 1.807) is 13.8 Å². The Morgan fingerprint density at radius 3 is 1.43 bits per heavy atom. The highest BCUT2D eigenvalue weighted by molar-refractivity contribution is 4.85. The number of unbranched alkanes of at least 4 members (excludes halogenated alkanes) is 13. The minimum atomic E-state index is -0.837. The molecule has 0 bridgehead atoms. The van der Waals surface area contributed by atoms with Crippen LogP contribution in [0.25, 0.3) is 0 Å². The van der Waals surface area contributed by atoms with Crippen LogP contribution in [0, 0.1) is 4.91 Å². The van der Waals surface area contributed by atoms with Gasteiger partial charge in [0.15, 0.2) is 0 Å². The highest BCUT2D eigenvalue weighted by atomic mass is 16.3. The highest BCUT2D eigenvalue weighted by Gasteiger charge is 2.28. The van der Waals surface area contributed by atoms with Crippen molar-refractivity contribution < 1.29 is 5.11 Å². The van der Waals surface area contributed by atoms with Gasteiger partial charge in [0.05, 0.1) is 6.10 Å². The van der Waals surface area contributed by atoms with Gasteiger partial charge < -0.3 is 5.11 Å². The third kappa shape index (κ3) is 13.7. The second kappa shape index (κ2) is 15.1. The Bertz CT molecular complexity index is 266. The van der Waals surface area contributed by atoms with Crippen LogP contribution in [0.3, 0.4) is 0 Å². The number of aliphatic hydroxyl groups is 1. The summed E-state index contributed by atoms with van der Waals surface area (Å²) < 4.78 is 0. The second-order valence-electron chi connectivity index (χ2n) is 7.65. The van der Waals surface area contributed by atoms with Crippen LogP contribution in [-0.4, -0.2) is 16.7 Å². The molecule has 0 fully saturated rings. The topological polar surface area (TPSA) is 49.7 Å². The Kier molecular flexibility index (Phi) is 14.8. The molecule has 0 saturated heterocycles. The van der Waals surface area contributed by atoms with E-state index in [-0.39, 0.29) is 0 Å². The highest BCUT2D eigenvalue weighted by Crippen LogP contribution is 2.20. The van der Waals surface area contributed by atoms with E-state index in [2.05, 4.69) is 12.1 Å². The van der Waals surface area contributed by atoms with Gasteiger partial charge in [0.1, 0.15) is 5.54 Å². The first-order valence-electron chi connectivity index (χ1n) is 10.1. The fraction of sp³-hybridized carbons (Fsp3) is 1.00. The lowest BCUT2D eigenvalue weighted by molar-refractivity contribution is 0.0929. The van der Waals surface area contributed by atoms with Crippen LogP contribution in [0.5, 0.6) is 0 Å². The number of hydrogen-bond acceptors (Lipinski definition) is 3. The van der Waals surface area contributed by atoms with Gasteiger partial charge in [-0.15, -0.1) is 0 Å². The molecule has 0 rings (SSSR count). The summed E-state index contributed by atoms with van der Waals surface area (Å²) in [5.74, 6) is 0. The first-order chi connectivity index (χ1) is 11.0. The van der Waals surface area contributed by atoms with E-state index in [9.17, 15) is 10.0 Å². The molecule has 0 amide bonds. The van der Waals surface area contributed by atoms with Crippen LogP contribution in [-0.2, 0) is 0 Å². The molecule has 3 heteroatoms. The molecule has 3 nitrogen and oxygen atoms in total. The molecule has 0 aromatic heterocycles. The maximum absolute atomic E-state index is 10.6. The first-order valence-corrected chi connectivity index (χ1v) is 10.1. The minimum Gasteiger partial charge on any atom is -0.390 e. The largest absolute Gasteiger partial charge is 0.390 e. The van der Waals surface area contributed by atoms with Crippen molar-refractivity contribution in [3.63, 3.8) is 0 Å². The molecule has 0 spiro atoms. The standard InChI is InChI=1S/C20H41NO2/c1-4-5-6-7-8-9-10-11-12-13-14-15-16-17-18-19(22)20(2,3)21-23/h19,22H,4-18H2,1-3H3. The maximum atomic E-state index is 10.6. The van der Waals surface area contributed by atoms with Gasteiger partial charge in [-0.25, -0.2) is 0 Å². The van der Waals surface area contributed by atoms with Gasteiger partial charge in [-0.05, 0) is 20.3 Å². The molecule has 0 aromatic carbocycles. The molecular formula is C20H41NO2. The summed E-state index contributed by atoms with van der Waals surface area (Å²) in [6.07, 6.45) is 18.8. The van der Waals surface area contributed by atoms with E-state index in [0.29, 0.717) is 6.42 Å². The average molecular weight is 328 g/mol. The Labute approximate surface area is 144 Å². The predicted molar refractivity (Wildman–Crippen MR) is 101 cm³/mol. The summed E-state index contributed by atoms with van der Waals surface area (Å²) in [5, 5.41) is 12.9. The van der Waals surface area contributed by atoms with Gasteiger partial charge in [-0.2, -0.15) is 4.91 Å². The molecule has 138 valence electrons. The lowest BCUT2D eigenvalue weighted by Crippen LogP contribution is -2.33. The molecule has 23 heavy (non-hydrogen) atoms. The zero-order chi connectivity index (χ0) is 17.4. The number of hydrogen-bond donors (Lipinski definition) is 1. The van der Waals surface area contributed by atoms with E-state index in [0.717, 1.165) is 12.8 Å². The molecule has 0 aliphatic rings. The van der Waals surface area contributed by atoms with Crippen LogP contribution < -0.4 is 0 Å². The number of rotatable bonds is 17. The van der Waals surface area contributed by atoms with Crippen LogP contribution in [0.1, 0.15) is 117 Å². The summed E-state index contributed by atoms with van der Waals surface area (Å²) >= 11 is 0. The first kappa shape index (κ1) is 22.6. The normalized spacial score (nSPS) is 13.2. The van der Waals surface area contributed by atoms with Crippen molar-refractivity contribution in [3.05, 3.63) is 4.91 Å². The Morgan fingerprint density at radius 2 is 1.09 bits per heavy atom. The molecule has 1 unspecified atom stereocenters. The smallest absolute Gasteiger partial charge is 0.123 e. The third-order valence-electron chi connectivity index (χ3n) is 4.88. The predicted octanol–water partition coefficient (Wildman–Crippen LogP) is 6.76. The summed E-state index contributed by atoms with van der Waals surface area (Å²) in [6, 6.07) is 0. The lowest BCUT2D eigenvalue weighted by Gasteiger charge is -2.22. The van der Waals surface area contributed by atoms with E-state index in [4.69, 9.17) is 0 Å². The van der Waals surface area contributed by atoms with Crippen LogP contribution in [0.4, 0.5) is 0 Å². The molecule has 0 aliphatic heterocycles. The van der Waals surface area contributed by atoms with Crippen molar-refractivity contribution in [3.8, 4) is 0 Å². The van der Waals surface area contributed by atoms with Crippen molar-refractivity contribution in [2.45, 2.75) is 129 Å². The van der Waals surface area contributed by atoms with Crippen molar-refractivity contribution in [1.29, 1.82) is 0 Å². The van der Waals surface area contributed by atoms with Gasteiger partial charge in [-0.3, -0.25) is 0 Å². The fourth-order valence-electron chi connectivity index (χ4n) is 2.95. The molecule has 0 heterocycles. The van der Waals surface area contributed by atoms with Crippen molar-refractivity contribution in [1.82, 2.24) is 0 Å². The SMILES string of the molecule is CCCCCCCCCCCCCCCCC(O)C(C)(C)N=O. The molecule has 0 saturated carbocycles. The Morgan fingerprint density at radius 1 is 0.739 bits per heavy atom. The monoisotopic (exact) mass is 327 g/mol. The molecule has 0 aliphatic carbocycles. The minimum absolute atomic E-state index is 0.600.